The summed E-state index contributed by atoms with van der Waals surface area (Å²) in [7, 11) is 0. The normalized spacial score (nSPS) is 17.3. The second-order valence-corrected chi connectivity index (χ2v) is 11.2. The van der Waals surface area contributed by atoms with Crippen LogP contribution in [-0.2, 0) is 23.2 Å². The summed E-state index contributed by atoms with van der Waals surface area (Å²) in [6.45, 7) is 14.3. The van der Waals surface area contributed by atoms with Gasteiger partial charge in [-0.2, -0.15) is 0 Å². The number of allylic oxidation sites excluding steroid dienone is 8. The molecule has 2 aliphatic carbocycles. The van der Waals surface area contributed by atoms with Crippen molar-refractivity contribution in [3.05, 3.63) is 42.0 Å². The molecule has 0 atom stereocenters. The zero-order valence-electron chi connectivity index (χ0n) is 15.4. The van der Waals surface area contributed by atoms with E-state index in [4.69, 9.17) is 0 Å². The van der Waals surface area contributed by atoms with Crippen molar-refractivity contribution in [2.24, 2.45) is 10.8 Å². The first-order chi connectivity index (χ1) is 9.81. The molecule has 128 valence electrons. The van der Waals surface area contributed by atoms with Gasteiger partial charge in [-0.1, -0.05) is 0 Å². The van der Waals surface area contributed by atoms with Crippen molar-refractivity contribution < 1.29 is 48.0 Å². The Morgan fingerprint density at radius 1 is 0.783 bits per heavy atom. The van der Waals surface area contributed by atoms with Crippen molar-refractivity contribution in [3.63, 3.8) is 0 Å². The average molecular weight is 433 g/mol. The van der Waals surface area contributed by atoms with Crippen LogP contribution in [0.2, 0.25) is 0 Å². The van der Waals surface area contributed by atoms with Gasteiger partial charge in [-0.25, -0.2) is 0 Å². The monoisotopic (exact) mass is 430 g/mol. The standard InChI is InChI=1S/2C10H15.2ClH.Zr/c2*1-4-10(2,3)9-7-5-6-8-9;;;/h2*5,7H,4,6H2,1-3H3;2*1H;/q;;;;+2/p-2. The Morgan fingerprint density at radius 3 is 1.43 bits per heavy atom. The zero-order valence-corrected chi connectivity index (χ0v) is 19.4. The first kappa shape index (κ1) is 23.4. The Bertz CT molecular complexity index is 486. The van der Waals surface area contributed by atoms with Crippen LogP contribution < -0.4 is 24.8 Å². The maximum Gasteiger partial charge on any atom is -1.00 e. The van der Waals surface area contributed by atoms with Crippen molar-refractivity contribution in [1.82, 2.24) is 0 Å². The molecule has 3 heteroatoms. The van der Waals surface area contributed by atoms with E-state index < -0.39 is 23.2 Å². The van der Waals surface area contributed by atoms with Crippen LogP contribution >= 0.6 is 0 Å². The summed E-state index contributed by atoms with van der Waals surface area (Å²) >= 11 is -0.600. The van der Waals surface area contributed by atoms with Crippen molar-refractivity contribution in [1.29, 1.82) is 0 Å². The van der Waals surface area contributed by atoms with Crippen LogP contribution in [0.1, 0.15) is 67.2 Å². The molecule has 0 saturated heterocycles. The fourth-order valence-corrected chi connectivity index (χ4v) is 7.79. The number of halogens is 2. The van der Waals surface area contributed by atoms with E-state index in [0.717, 1.165) is 0 Å². The van der Waals surface area contributed by atoms with Gasteiger partial charge in [0.15, 0.2) is 0 Å². The van der Waals surface area contributed by atoms with Gasteiger partial charge in [0.1, 0.15) is 0 Å². The molecule has 0 aromatic carbocycles. The van der Waals surface area contributed by atoms with E-state index in [2.05, 4.69) is 65.8 Å². The Balaban J connectivity index is 0.00000242. The number of hydrogen-bond acceptors (Lipinski definition) is 0. The van der Waals surface area contributed by atoms with Gasteiger partial charge in [-0.3, -0.25) is 0 Å². The van der Waals surface area contributed by atoms with Gasteiger partial charge in [0.05, 0.1) is 0 Å². The summed E-state index contributed by atoms with van der Waals surface area (Å²) in [5.74, 6) is 0. The Kier molecular flexibility index (Phi) is 9.38. The molecule has 2 aliphatic rings. The third-order valence-corrected chi connectivity index (χ3v) is 9.20. The zero-order chi connectivity index (χ0) is 15.7. The minimum absolute atomic E-state index is 0. The first-order valence-corrected chi connectivity index (χ1v) is 10.8. The third-order valence-electron chi connectivity index (χ3n) is 5.39. The molecule has 23 heavy (non-hydrogen) atoms. The third kappa shape index (κ3) is 5.20. The minimum atomic E-state index is -0.600. The van der Waals surface area contributed by atoms with Crippen LogP contribution in [0.3, 0.4) is 0 Å². The molecule has 0 radical (unpaired) electrons. The Hall–Kier alpha value is 0.423. The van der Waals surface area contributed by atoms with Crippen LogP contribution in [0.25, 0.3) is 0 Å². The molecule has 0 fully saturated rings. The molecule has 0 unspecified atom stereocenters. The van der Waals surface area contributed by atoms with Crippen molar-refractivity contribution in [2.45, 2.75) is 67.2 Å². The fourth-order valence-electron chi connectivity index (χ4n) is 3.08. The van der Waals surface area contributed by atoms with Crippen molar-refractivity contribution >= 4 is 0 Å². The van der Waals surface area contributed by atoms with E-state index in [-0.39, 0.29) is 24.8 Å². The van der Waals surface area contributed by atoms with E-state index in [1.807, 2.05) is 6.56 Å². The van der Waals surface area contributed by atoms with Crippen LogP contribution in [0.15, 0.2) is 42.0 Å². The molecule has 0 heterocycles. The molecule has 0 aromatic heterocycles. The summed E-state index contributed by atoms with van der Waals surface area (Å²) < 4.78 is 3.65. The predicted molar refractivity (Wildman–Crippen MR) is 89.7 cm³/mol. The van der Waals surface area contributed by atoms with Gasteiger partial charge in [0.25, 0.3) is 0 Å². The van der Waals surface area contributed by atoms with E-state index in [0.29, 0.717) is 10.8 Å². The smallest absolute Gasteiger partial charge is 1.00 e. The molecule has 0 amide bonds. The number of hydrogen-bond donors (Lipinski definition) is 0. The van der Waals surface area contributed by atoms with Gasteiger partial charge in [-0.15, -0.1) is 0 Å². The molecular weight excluding hydrogens is 402 g/mol. The summed E-state index contributed by atoms with van der Waals surface area (Å²) in [6.07, 6.45) is 14.6. The molecule has 0 aromatic rings. The second kappa shape index (κ2) is 9.21. The summed E-state index contributed by atoms with van der Waals surface area (Å²) in [4.78, 5) is 0. The van der Waals surface area contributed by atoms with Crippen LogP contribution in [0.4, 0.5) is 0 Å². The van der Waals surface area contributed by atoms with Crippen LogP contribution in [0, 0.1) is 10.8 Å². The maximum absolute atomic E-state index is 2.42. The van der Waals surface area contributed by atoms with E-state index in [9.17, 15) is 0 Å². The molecule has 2 rings (SSSR count). The summed E-state index contributed by atoms with van der Waals surface area (Å²) in [6, 6.07) is 0. The minimum Gasteiger partial charge on any atom is -1.00 e. The molecule has 0 spiro atoms. The van der Waals surface area contributed by atoms with E-state index >= 15 is 0 Å². The molecule has 0 aliphatic heterocycles. The molecule has 0 bridgehead atoms. The number of rotatable bonds is 6. The van der Waals surface area contributed by atoms with Gasteiger partial charge >= 0.3 is 143 Å². The quantitative estimate of drug-likeness (QED) is 0.569. The molecular formula is C20H30Cl2Zr. The predicted octanol–water partition coefficient (Wildman–Crippen LogP) is 0.377. The maximum atomic E-state index is 2.42. The van der Waals surface area contributed by atoms with Gasteiger partial charge < -0.3 is 24.8 Å². The fraction of sp³-hybridized carbons (Fsp3) is 0.600. The average Bonchev–Trinajstić information content (AvgIpc) is 3.09. The van der Waals surface area contributed by atoms with Crippen LogP contribution in [0.5, 0.6) is 0 Å². The van der Waals surface area contributed by atoms with Gasteiger partial charge in [0.2, 0.25) is 0 Å². The summed E-state index contributed by atoms with van der Waals surface area (Å²) in [5.41, 5.74) is 4.06. The van der Waals surface area contributed by atoms with E-state index in [1.165, 1.54) is 25.7 Å². The molecule has 0 N–H and O–H groups in total. The van der Waals surface area contributed by atoms with E-state index in [1.54, 1.807) is 11.1 Å². The molecule has 0 saturated carbocycles. The molecule has 0 nitrogen and oxygen atoms in total. The summed E-state index contributed by atoms with van der Waals surface area (Å²) in [5, 5.41) is 0. The van der Waals surface area contributed by atoms with Gasteiger partial charge in [0, 0.05) is 0 Å². The van der Waals surface area contributed by atoms with Crippen molar-refractivity contribution in [3.8, 4) is 0 Å². The Labute approximate surface area is 167 Å². The van der Waals surface area contributed by atoms with Crippen LogP contribution in [-0.4, -0.2) is 0 Å². The first-order valence-electron chi connectivity index (χ1n) is 8.39. The second-order valence-electron chi connectivity index (χ2n) is 7.60. The largest absolute Gasteiger partial charge is 1.00 e. The van der Waals surface area contributed by atoms with Gasteiger partial charge in [-0.05, 0) is 0 Å². The SMILES string of the molecule is CCC(C)(C)C1=[C]([Zr+2][C]2=C(C(C)(C)CC)C=CC2)CC=C1.[Cl-].[Cl-]. The Morgan fingerprint density at radius 2 is 1.13 bits per heavy atom. The topological polar surface area (TPSA) is 0 Å². The van der Waals surface area contributed by atoms with Crippen molar-refractivity contribution in [2.75, 3.05) is 0 Å².